The maximum Gasteiger partial charge on any atom is 0.169 e. The monoisotopic (exact) mass is 371 g/mol. The fourth-order valence-corrected chi connectivity index (χ4v) is 4.72. The lowest BCUT2D eigenvalue weighted by molar-refractivity contribution is 0.379. The molecule has 1 aliphatic rings. The number of hydrogen-bond acceptors (Lipinski definition) is 5. The van der Waals surface area contributed by atoms with Crippen LogP contribution < -0.4 is 0 Å². The molecule has 25 heavy (non-hydrogen) atoms. The first-order valence-electron chi connectivity index (χ1n) is 8.53. The van der Waals surface area contributed by atoms with E-state index in [0.29, 0.717) is 6.10 Å². The Hall–Kier alpha value is -1.50. The van der Waals surface area contributed by atoms with E-state index in [4.69, 9.17) is 9.72 Å². The number of aromatic nitrogens is 3. The number of imidazole rings is 1. The van der Waals surface area contributed by atoms with E-state index < -0.39 is 0 Å². The molecule has 3 aromatic rings. The van der Waals surface area contributed by atoms with Gasteiger partial charge >= 0.3 is 0 Å². The van der Waals surface area contributed by atoms with Gasteiger partial charge in [0.05, 0.1) is 36.0 Å². The van der Waals surface area contributed by atoms with Crippen molar-refractivity contribution >= 4 is 34.6 Å². The van der Waals surface area contributed by atoms with Gasteiger partial charge in [-0.15, -0.1) is 11.8 Å². The van der Waals surface area contributed by atoms with Crippen LogP contribution >= 0.6 is 23.5 Å². The van der Waals surface area contributed by atoms with Crippen LogP contribution in [0.25, 0.3) is 11.0 Å². The van der Waals surface area contributed by atoms with Crippen LogP contribution in [0.3, 0.4) is 0 Å². The first-order valence-corrected chi connectivity index (χ1v) is 10.5. The molecule has 4 nitrogen and oxygen atoms in total. The summed E-state index contributed by atoms with van der Waals surface area (Å²) in [5.74, 6) is 1.91. The molecule has 1 fully saturated rings. The largest absolute Gasteiger partial charge is 0.371 e. The Morgan fingerprint density at radius 1 is 1.24 bits per heavy atom. The highest BCUT2D eigenvalue weighted by molar-refractivity contribution is 7.99. The van der Waals surface area contributed by atoms with E-state index in [2.05, 4.69) is 47.7 Å². The molecule has 0 N–H and O–H groups in total. The fourth-order valence-electron chi connectivity index (χ4n) is 2.87. The number of fused-ring (bicyclic) bond motifs is 1. The highest BCUT2D eigenvalue weighted by Gasteiger charge is 2.25. The normalized spacial score (nSPS) is 16.5. The van der Waals surface area contributed by atoms with Gasteiger partial charge in [-0.1, -0.05) is 30.8 Å². The van der Waals surface area contributed by atoms with Crippen LogP contribution in [0, 0.1) is 6.92 Å². The number of nitrogens with zero attached hydrogens (tertiary/aromatic N) is 3. The summed E-state index contributed by atoms with van der Waals surface area (Å²) in [5, 5.41) is 1.05. The van der Waals surface area contributed by atoms with Crippen molar-refractivity contribution in [3.63, 3.8) is 0 Å². The maximum absolute atomic E-state index is 5.44. The third kappa shape index (κ3) is 3.71. The zero-order valence-electron chi connectivity index (χ0n) is 14.4. The number of pyridine rings is 1. The van der Waals surface area contributed by atoms with Gasteiger partial charge in [0.15, 0.2) is 5.16 Å². The zero-order chi connectivity index (χ0) is 17.2. The summed E-state index contributed by atoms with van der Waals surface area (Å²) in [4.78, 5) is 10.8. The number of epoxide rings is 1. The first kappa shape index (κ1) is 16.9. The summed E-state index contributed by atoms with van der Waals surface area (Å²) in [6.07, 6.45) is 2.25. The SMILES string of the molecule is CCSc1ccnc(CSc2nc3ccccc3n2CC2CO2)c1C. The van der Waals surface area contributed by atoms with Gasteiger partial charge in [0.1, 0.15) is 0 Å². The molecule has 1 aromatic carbocycles. The molecule has 130 valence electrons. The van der Waals surface area contributed by atoms with E-state index in [-0.39, 0.29) is 0 Å². The van der Waals surface area contributed by atoms with Crippen molar-refractivity contribution in [3.05, 3.63) is 47.8 Å². The Bertz CT molecular complexity index is 890. The molecule has 1 saturated heterocycles. The van der Waals surface area contributed by atoms with Gasteiger partial charge < -0.3 is 9.30 Å². The lowest BCUT2D eigenvalue weighted by Crippen LogP contribution is -2.05. The summed E-state index contributed by atoms with van der Waals surface area (Å²) in [7, 11) is 0. The minimum absolute atomic E-state index is 0.334. The van der Waals surface area contributed by atoms with E-state index in [9.17, 15) is 0 Å². The van der Waals surface area contributed by atoms with Crippen LogP contribution in [0.5, 0.6) is 0 Å². The summed E-state index contributed by atoms with van der Waals surface area (Å²) < 4.78 is 7.73. The number of benzene rings is 1. The van der Waals surface area contributed by atoms with Gasteiger partial charge in [-0.25, -0.2) is 4.98 Å². The van der Waals surface area contributed by atoms with Gasteiger partial charge in [0.25, 0.3) is 0 Å². The topological polar surface area (TPSA) is 43.2 Å². The minimum atomic E-state index is 0.334. The second kappa shape index (κ2) is 7.40. The van der Waals surface area contributed by atoms with Gasteiger partial charge in [0.2, 0.25) is 0 Å². The van der Waals surface area contributed by atoms with Crippen LogP contribution in [-0.2, 0) is 17.0 Å². The number of ether oxygens (including phenoxy) is 1. The van der Waals surface area contributed by atoms with Crippen molar-refractivity contribution in [3.8, 4) is 0 Å². The Morgan fingerprint density at radius 3 is 2.88 bits per heavy atom. The van der Waals surface area contributed by atoms with Crippen LogP contribution in [-0.4, -0.2) is 33.0 Å². The molecule has 1 unspecified atom stereocenters. The molecule has 0 spiro atoms. The molecule has 1 aliphatic heterocycles. The van der Waals surface area contributed by atoms with Crippen molar-refractivity contribution in [2.45, 2.75) is 42.3 Å². The molecule has 0 amide bonds. The summed E-state index contributed by atoms with van der Waals surface area (Å²) >= 11 is 3.64. The molecule has 3 heterocycles. The first-order chi connectivity index (χ1) is 12.3. The molecule has 4 rings (SSSR count). The highest BCUT2D eigenvalue weighted by Crippen LogP contribution is 2.31. The van der Waals surface area contributed by atoms with Gasteiger partial charge in [-0.3, -0.25) is 4.98 Å². The second-order valence-corrected chi connectivity index (χ2v) is 8.30. The van der Waals surface area contributed by atoms with Crippen molar-refractivity contribution < 1.29 is 4.74 Å². The Labute approximate surface area is 156 Å². The molecular formula is C19H21N3OS2. The van der Waals surface area contributed by atoms with E-state index in [1.54, 1.807) is 11.8 Å². The van der Waals surface area contributed by atoms with Crippen LogP contribution in [0.15, 0.2) is 46.6 Å². The number of hydrogen-bond donors (Lipinski definition) is 0. The molecule has 2 aromatic heterocycles. The standard InChI is InChI=1S/C19H21N3OS2/c1-3-24-18-8-9-20-16(13(18)2)12-25-19-21-15-6-4-5-7-17(15)22(19)10-14-11-23-14/h4-9,14H,3,10-12H2,1-2H3. The number of para-hydroxylation sites is 2. The van der Waals surface area contributed by atoms with E-state index in [1.807, 2.05) is 24.0 Å². The fraction of sp³-hybridized carbons (Fsp3) is 0.368. The van der Waals surface area contributed by atoms with Crippen LogP contribution in [0.2, 0.25) is 0 Å². The number of thioether (sulfide) groups is 2. The minimum Gasteiger partial charge on any atom is -0.371 e. The molecule has 0 saturated carbocycles. The van der Waals surface area contributed by atoms with Gasteiger partial charge in [0, 0.05) is 16.8 Å². The number of rotatable bonds is 7. The van der Waals surface area contributed by atoms with Crippen molar-refractivity contribution in [2.75, 3.05) is 12.4 Å². The predicted molar refractivity (Wildman–Crippen MR) is 104 cm³/mol. The predicted octanol–water partition coefficient (Wildman–Crippen LogP) is 4.54. The summed E-state index contributed by atoms with van der Waals surface area (Å²) in [5.41, 5.74) is 4.66. The molecule has 1 atom stereocenters. The van der Waals surface area contributed by atoms with Crippen molar-refractivity contribution in [1.82, 2.24) is 14.5 Å². The van der Waals surface area contributed by atoms with E-state index in [0.717, 1.165) is 41.0 Å². The lowest BCUT2D eigenvalue weighted by Gasteiger charge is -2.10. The van der Waals surface area contributed by atoms with Gasteiger partial charge in [-0.05, 0) is 36.4 Å². The molecule has 0 bridgehead atoms. The molecule has 0 aliphatic carbocycles. The quantitative estimate of drug-likeness (QED) is 0.450. The zero-order valence-corrected chi connectivity index (χ0v) is 16.1. The second-order valence-electron chi connectivity index (χ2n) is 6.05. The summed E-state index contributed by atoms with van der Waals surface area (Å²) in [6, 6.07) is 10.4. The molecular weight excluding hydrogens is 350 g/mol. The Kier molecular flexibility index (Phi) is 5.01. The Morgan fingerprint density at radius 2 is 2.08 bits per heavy atom. The van der Waals surface area contributed by atoms with Gasteiger partial charge in [-0.2, -0.15) is 0 Å². The third-order valence-corrected chi connectivity index (χ3v) is 6.33. The third-order valence-electron chi connectivity index (χ3n) is 4.30. The highest BCUT2D eigenvalue weighted by atomic mass is 32.2. The molecule has 6 heteroatoms. The van der Waals surface area contributed by atoms with E-state index in [1.165, 1.54) is 16.0 Å². The van der Waals surface area contributed by atoms with Crippen LogP contribution in [0.4, 0.5) is 0 Å². The molecule has 0 radical (unpaired) electrons. The van der Waals surface area contributed by atoms with Crippen molar-refractivity contribution in [2.24, 2.45) is 0 Å². The average molecular weight is 372 g/mol. The maximum atomic E-state index is 5.44. The lowest BCUT2D eigenvalue weighted by atomic mass is 10.2. The smallest absolute Gasteiger partial charge is 0.169 e. The Balaban J connectivity index is 1.59. The van der Waals surface area contributed by atoms with Crippen LogP contribution in [0.1, 0.15) is 18.2 Å². The average Bonchev–Trinajstić information content (AvgIpc) is 3.37. The van der Waals surface area contributed by atoms with E-state index >= 15 is 0 Å². The van der Waals surface area contributed by atoms with Crippen molar-refractivity contribution in [1.29, 1.82) is 0 Å². The summed E-state index contributed by atoms with van der Waals surface area (Å²) in [6.45, 7) is 6.08.